The highest BCUT2D eigenvalue weighted by Crippen LogP contribution is 2.23. The zero-order valence-corrected chi connectivity index (χ0v) is 17.2. The maximum absolute atomic E-state index is 12.4. The lowest BCUT2D eigenvalue weighted by Gasteiger charge is -2.15. The molecule has 0 saturated heterocycles. The van der Waals surface area contributed by atoms with Crippen LogP contribution in [0.3, 0.4) is 0 Å². The van der Waals surface area contributed by atoms with E-state index < -0.39 is 6.10 Å². The van der Waals surface area contributed by atoms with Crippen molar-refractivity contribution in [3.63, 3.8) is 0 Å². The Balaban J connectivity index is 1.39. The molecule has 1 N–H and O–H groups in total. The fourth-order valence-electron chi connectivity index (χ4n) is 2.92. The van der Waals surface area contributed by atoms with Gasteiger partial charge in [0.05, 0.1) is 0 Å². The third kappa shape index (κ3) is 5.27. The van der Waals surface area contributed by atoms with Gasteiger partial charge >= 0.3 is 0 Å². The van der Waals surface area contributed by atoms with Crippen LogP contribution in [0.1, 0.15) is 12.7 Å². The number of nitrogens with one attached hydrogen (secondary N) is 1. The van der Waals surface area contributed by atoms with Gasteiger partial charge in [0.2, 0.25) is 5.88 Å². The Labute approximate surface area is 180 Å². The quantitative estimate of drug-likeness (QED) is 0.471. The first-order chi connectivity index (χ1) is 15.1. The summed E-state index contributed by atoms with van der Waals surface area (Å²) in [7, 11) is 0. The Morgan fingerprint density at radius 1 is 0.935 bits per heavy atom. The topological polar surface area (TPSA) is 78.3 Å². The van der Waals surface area contributed by atoms with E-state index in [0.717, 1.165) is 5.82 Å². The minimum Gasteiger partial charge on any atom is -0.481 e. The number of nitrogens with zero attached hydrogens (tertiary/aromatic N) is 3. The number of rotatable bonds is 7. The molecule has 2 aromatic carbocycles. The van der Waals surface area contributed by atoms with Crippen molar-refractivity contribution in [3.05, 3.63) is 91.0 Å². The molecular formula is C24H22N4O3. The second-order valence-electron chi connectivity index (χ2n) is 6.89. The van der Waals surface area contributed by atoms with Crippen LogP contribution in [-0.2, 0) is 4.79 Å². The molecule has 1 unspecified atom stereocenters. The average Bonchev–Trinajstić information content (AvgIpc) is 3.30. The molecule has 4 rings (SSSR count). The lowest BCUT2D eigenvalue weighted by atomic mass is 10.2. The highest BCUT2D eigenvalue weighted by molar-refractivity contribution is 5.94. The van der Waals surface area contributed by atoms with E-state index in [1.54, 1.807) is 37.3 Å². The fraction of sp³-hybridized carbons (Fsp3) is 0.125. The summed E-state index contributed by atoms with van der Waals surface area (Å²) in [5.41, 5.74) is 0.646. The SMILES string of the molecule is Cc1nc(Oc2ccc(NC(=O)C(C)Oc3ccccc3)cc2)cc(-n2cccc2)n1. The van der Waals surface area contributed by atoms with Crippen LogP contribution < -0.4 is 14.8 Å². The van der Waals surface area contributed by atoms with Crippen LogP contribution in [0.4, 0.5) is 5.69 Å². The zero-order valence-electron chi connectivity index (χ0n) is 17.2. The van der Waals surface area contributed by atoms with Gasteiger partial charge in [-0.3, -0.25) is 4.79 Å². The molecule has 1 atom stereocenters. The molecule has 0 aliphatic carbocycles. The van der Waals surface area contributed by atoms with E-state index in [0.29, 0.717) is 28.9 Å². The van der Waals surface area contributed by atoms with Gasteiger partial charge in [0, 0.05) is 24.1 Å². The Bertz CT molecular complexity index is 1140. The van der Waals surface area contributed by atoms with Gasteiger partial charge in [0.1, 0.15) is 23.1 Å². The molecule has 1 amide bonds. The van der Waals surface area contributed by atoms with Gasteiger partial charge < -0.3 is 19.4 Å². The van der Waals surface area contributed by atoms with Gasteiger partial charge in [-0.1, -0.05) is 18.2 Å². The number of carbonyl (C=O) groups excluding carboxylic acids is 1. The molecule has 2 aromatic heterocycles. The number of benzene rings is 2. The summed E-state index contributed by atoms with van der Waals surface area (Å²) in [6.45, 7) is 3.52. The normalized spacial score (nSPS) is 11.5. The van der Waals surface area contributed by atoms with Gasteiger partial charge in [-0.2, -0.15) is 4.98 Å². The number of aryl methyl sites for hydroxylation is 1. The number of hydrogen-bond acceptors (Lipinski definition) is 5. The maximum Gasteiger partial charge on any atom is 0.265 e. The second-order valence-corrected chi connectivity index (χ2v) is 6.89. The van der Waals surface area contributed by atoms with Crippen molar-refractivity contribution >= 4 is 11.6 Å². The van der Waals surface area contributed by atoms with Crippen LogP contribution in [-0.4, -0.2) is 26.5 Å². The van der Waals surface area contributed by atoms with E-state index in [9.17, 15) is 4.79 Å². The predicted molar refractivity (Wildman–Crippen MR) is 118 cm³/mol. The highest BCUT2D eigenvalue weighted by Gasteiger charge is 2.15. The lowest BCUT2D eigenvalue weighted by Crippen LogP contribution is -2.30. The summed E-state index contributed by atoms with van der Waals surface area (Å²) < 4.78 is 13.4. The van der Waals surface area contributed by atoms with Crippen LogP contribution in [0.25, 0.3) is 5.82 Å². The zero-order chi connectivity index (χ0) is 21.6. The third-order valence-electron chi connectivity index (χ3n) is 4.44. The minimum absolute atomic E-state index is 0.236. The van der Waals surface area contributed by atoms with Crippen molar-refractivity contribution < 1.29 is 14.3 Å². The monoisotopic (exact) mass is 414 g/mol. The lowest BCUT2D eigenvalue weighted by molar-refractivity contribution is -0.122. The molecule has 0 radical (unpaired) electrons. The van der Waals surface area contributed by atoms with Gasteiger partial charge in [-0.25, -0.2) is 4.98 Å². The number of anilines is 1. The van der Waals surface area contributed by atoms with Crippen molar-refractivity contribution in [2.45, 2.75) is 20.0 Å². The smallest absolute Gasteiger partial charge is 0.265 e. The molecular weight excluding hydrogens is 392 g/mol. The number of para-hydroxylation sites is 1. The van der Waals surface area contributed by atoms with Gasteiger partial charge in [-0.15, -0.1) is 0 Å². The molecule has 7 heteroatoms. The van der Waals surface area contributed by atoms with E-state index in [1.807, 2.05) is 66.3 Å². The first kappa shape index (κ1) is 20.2. The second kappa shape index (κ2) is 9.13. The number of amides is 1. The molecule has 7 nitrogen and oxygen atoms in total. The van der Waals surface area contributed by atoms with E-state index in [1.165, 1.54) is 0 Å². The summed E-state index contributed by atoms with van der Waals surface area (Å²) >= 11 is 0. The molecule has 0 spiro atoms. The Hall–Kier alpha value is -4.13. The molecule has 31 heavy (non-hydrogen) atoms. The fourth-order valence-corrected chi connectivity index (χ4v) is 2.92. The van der Waals surface area contributed by atoms with Crippen LogP contribution in [0, 0.1) is 6.92 Å². The maximum atomic E-state index is 12.4. The highest BCUT2D eigenvalue weighted by atomic mass is 16.5. The van der Waals surface area contributed by atoms with Crippen molar-refractivity contribution in [3.8, 4) is 23.2 Å². The van der Waals surface area contributed by atoms with Crippen LogP contribution in [0.15, 0.2) is 85.2 Å². The molecule has 0 fully saturated rings. The molecule has 4 aromatic rings. The van der Waals surface area contributed by atoms with Crippen molar-refractivity contribution in [2.24, 2.45) is 0 Å². The van der Waals surface area contributed by atoms with Crippen LogP contribution in [0.5, 0.6) is 17.4 Å². The Morgan fingerprint density at radius 2 is 1.65 bits per heavy atom. The summed E-state index contributed by atoms with van der Waals surface area (Å²) in [5.74, 6) is 2.79. The minimum atomic E-state index is -0.630. The van der Waals surface area contributed by atoms with Gasteiger partial charge in [0.25, 0.3) is 5.91 Å². The molecule has 0 aliphatic heterocycles. The van der Waals surface area contributed by atoms with E-state index >= 15 is 0 Å². The van der Waals surface area contributed by atoms with Crippen molar-refractivity contribution in [1.82, 2.24) is 14.5 Å². The first-order valence-corrected chi connectivity index (χ1v) is 9.86. The van der Waals surface area contributed by atoms with E-state index in [4.69, 9.17) is 9.47 Å². The third-order valence-corrected chi connectivity index (χ3v) is 4.44. The number of ether oxygens (including phenoxy) is 2. The number of hydrogen-bond donors (Lipinski definition) is 1. The summed E-state index contributed by atoms with van der Waals surface area (Å²) in [4.78, 5) is 21.2. The van der Waals surface area contributed by atoms with Crippen LogP contribution in [0.2, 0.25) is 0 Å². The largest absolute Gasteiger partial charge is 0.481 e. The van der Waals surface area contributed by atoms with E-state index in [-0.39, 0.29) is 5.91 Å². The Kier molecular flexibility index (Phi) is 5.93. The molecule has 156 valence electrons. The summed E-state index contributed by atoms with van der Waals surface area (Å²) in [5, 5.41) is 2.84. The summed E-state index contributed by atoms with van der Waals surface area (Å²) in [6.07, 6.45) is 3.19. The number of aromatic nitrogens is 3. The summed E-state index contributed by atoms with van der Waals surface area (Å²) in [6, 6.07) is 21.9. The van der Waals surface area contributed by atoms with E-state index in [2.05, 4.69) is 15.3 Å². The molecule has 0 saturated carbocycles. The molecule has 2 heterocycles. The van der Waals surface area contributed by atoms with Crippen molar-refractivity contribution in [1.29, 1.82) is 0 Å². The predicted octanol–water partition coefficient (Wildman–Crippen LogP) is 4.77. The number of carbonyl (C=O) groups is 1. The van der Waals surface area contributed by atoms with Gasteiger partial charge in [-0.05, 0) is 62.4 Å². The first-order valence-electron chi connectivity index (χ1n) is 9.86. The average molecular weight is 414 g/mol. The molecule has 0 aliphatic rings. The van der Waals surface area contributed by atoms with Gasteiger partial charge in [0.15, 0.2) is 6.10 Å². The standard InChI is InChI=1S/C24H22N4O3/c1-17(30-20-8-4-3-5-9-20)24(29)27-19-10-12-21(13-11-19)31-23-16-22(25-18(2)26-23)28-14-6-7-15-28/h3-17H,1-2H3,(H,27,29). The van der Waals surface area contributed by atoms with Crippen LogP contribution >= 0.6 is 0 Å². The van der Waals surface area contributed by atoms with Crippen molar-refractivity contribution in [2.75, 3.05) is 5.32 Å². The Morgan fingerprint density at radius 3 is 2.35 bits per heavy atom. The molecule has 0 bridgehead atoms.